The molecule has 2 aromatic rings. The lowest BCUT2D eigenvalue weighted by atomic mass is 10.1. The molecule has 12 heteroatoms. The Labute approximate surface area is 169 Å². The van der Waals surface area contributed by atoms with Gasteiger partial charge in [-0.05, 0) is 18.2 Å². The van der Waals surface area contributed by atoms with Gasteiger partial charge in [-0.1, -0.05) is 11.6 Å². The molecule has 29 heavy (non-hydrogen) atoms. The van der Waals surface area contributed by atoms with Crippen molar-refractivity contribution in [3.63, 3.8) is 0 Å². The van der Waals surface area contributed by atoms with E-state index < -0.39 is 39.6 Å². The SMILES string of the molecule is COc1ccc(Cl)cc1NC(=O)CN(C)C(=O)c1cc([N+](=O)[O-])cc([N+](=O)[O-])c1. The third-order valence-corrected chi connectivity index (χ3v) is 3.97. The number of carbonyl (C=O) groups excluding carboxylic acids is 2. The quantitative estimate of drug-likeness (QED) is 0.533. The first-order valence-corrected chi connectivity index (χ1v) is 8.33. The highest BCUT2D eigenvalue weighted by Crippen LogP contribution is 2.28. The van der Waals surface area contributed by atoms with Gasteiger partial charge in [-0.3, -0.25) is 29.8 Å². The number of nitro groups is 2. The van der Waals surface area contributed by atoms with Crippen molar-refractivity contribution in [2.75, 3.05) is 26.0 Å². The van der Waals surface area contributed by atoms with Crippen LogP contribution in [0.3, 0.4) is 0 Å². The van der Waals surface area contributed by atoms with Crippen molar-refractivity contribution in [3.8, 4) is 5.75 Å². The summed E-state index contributed by atoms with van der Waals surface area (Å²) in [6.07, 6.45) is 0. The van der Waals surface area contributed by atoms with Crippen LogP contribution in [0.1, 0.15) is 10.4 Å². The van der Waals surface area contributed by atoms with Gasteiger partial charge in [-0.25, -0.2) is 0 Å². The minimum absolute atomic E-state index is 0.289. The number of methoxy groups -OCH3 is 1. The molecule has 152 valence electrons. The monoisotopic (exact) mass is 422 g/mol. The van der Waals surface area contributed by atoms with Crippen molar-refractivity contribution in [1.29, 1.82) is 0 Å². The predicted molar refractivity (Wildman–Crippen MR) is 103 cm³/mol. The van der Waals surface area contributed by atoms with Crippen LogP contribution in [0.25, 0.3) is 0 Å². The summed E-state index contributed by atoms with van der Waals surface area (Å²) in [6, 6.07) is 7.14. The maximum absolute atomic E-state index is 12.5. The van der Waals surface area contributed by atoms with E-state index in [0.29, 0.717) is 10.8 Å². The van der Waals surface area contributed by atoms with Crippen molar-refractivity contribution < 1.29 is 24.2 Å². The van der Waals surface area contributed by atoms with Crippen molar-refractivity contribution in [3.05, 3.63) is 67.2 Å². The molecular weight excluding hydrogens is 408 g/mol. The van der Waals surface area contributed by atoms with Crippen LogP contribution >= 0.6 is 11.6 Å². The smallest absolute Gasteiger partial charge is 0.277 e. The van der Waals surface area contributed by atoms with E-state index in [2.05, 4.69) is 5.32 Å². The van der Waals surface area contributed by atoms with Crippen LogP contribution in [0.4, 0.5) is 17.1 Å². The molecule has 2 aromatic carbocycles. The first-order valence-electron chi connectivity index (χ1n) is 7.95. The average Bonchev–Trinajstić information content (AvgIpc) is 2.66. The second-order valence-electron chi connectivity index (χ2n) is 5.81. The molecule has 0 unspecified atom stereocenters. The fourth-order valence-corrected chi connectivity index (χ4v) is 2.58. The van der Waals surface area contributed by atoms with E-state index in [0.717, 1.165) is 23.1 Å². The molecule has 0 atom stereocenters. The number of likely N-dealkylation sites (N-methyl/N-ethyl adjacent to an activating group) is 1. The fraction of sp³-hybridized carbons (Fsp3) is 0.176. The number of anilines is 1. The lowest BCUT2D eigenvalue weighted by Crippen LogP contribution is -2.35. The van der Waals surface area contributed by atoms with E-state index >= 15 is 0 Å². The lowest BCUT2D eigenvalue weighted by Gasteiger charge is -2.17. The molecular formula is C17H15ClN4O7. The first kappa shape index (κ1) is 21.6. The molecule has 1 N–H and O–H groups in total. The summed E-state index contributed by atoms with van der Waals surface area (Å²) >= 11 is 5.89. The molecule has 0 aromatic heterocycles. The molecule has 0 aliphatic carbocycles. The van der Waals surface area contributed by atoms with E-state index in [4.69, 9.17) is 16.3 Å². The molecule has 2 amide bonds. The zero-order chi connectivity index (χ0) is 21.7. The van der Waals surface area contributed by atoms with Crippen LogP contribution in [-0.2, 0) is 4.79 Å². The number of carbonyl (C=O) groups is 2. The van der Waals surface area contributed by atoms with E-state index in [-0.39, 0.29) is 11.3 Å². The third kappa shape index (κ3) is 5.39. The molecule has 0 heterocycles. The Balaban J connectivity index is 2.18. The van der Waals surface area contributed by atoms with E-state index in [9.17, 15) is 29.8 Å². The standard InChI is InChI=1S/C17H15ClN4O7/c1-20(9-16(23)19-14-7-11(18)3-4-15(14)29-2)17(24)10-5-12(21(25)26)8-13(6-10)22(27)28/h3-8H,9H2,1-2H3,(H,19,23). The van der Waals surface area contributed by atoms with Crippen LogP contribution in [0.5, 0.6) is 5.75 Å². The van der Waals surface area contributed by atoms with Crippen LogP contribution in [-0.4, -0.2) is 47.3 Å². The number of nitro benzene ring substituents is 2. The van der Waals surface area contributed by atoms with Gasteiger partial charge in [0.05, 0.1) is 40.8 Å². The van der Waals surface area contributed by atoms with Gasteiger partial charge < -0.3 is 15.0 Å². The van der Waals surface area contributed by atoms with Crippen LogP contribution < -0.4 is 10.1 Å². The number of ether oxygens (including phenoxy) is 1. The van der Waals surface area contributed by atoms with E-state index in [1.807, 2.05) is 0 Å². The molecule has 2 rings (SSSR count). The maximum Gasteiger partial charge on any atom is 0.277 e. The number of halogens is 1. The molecule has 0 saturated carbocycles. The molecule has 0 saturated heterocycles. The highest BCUT2D eigenvalue weighted by Gasteiger charge is 2.23. The summed E-state index contributed by atoms with van der Waals surface area (Å²) in [5.74, 6) is -1.04. The predicted octanol–water partition coefficient (Wildman–Crippen LogP) is 2.88. The van der Waals surface area contributed by atoms with Crippen molar-refractivity contribution >= 4 is 40.5 Å². The van der Waals surface area contributed by atoms with Gasteiger partial charge in [0, 0.05) is 24.2 Å². The second kappa shape index (κ2) is 8.97. The van der Waals surface area contributed by atoms with Gasteiger partial charge in [-0.2, -0.15) is 0 Å². The lowest BCUT2D eigenvalue weighted by molar-refractivity contribution is -0.394. The van der Waals surface area contributed by atoms with Crippen LogP contribution in [0.15, 0.2) is 36.4 Å². The van der Waals surface area contributed by atoms with E-state index in [1.165, 1.54) is 20.2 Å². The zero-order valence-corrected chi connectivity index (χ0v) is 16.0. The highest BCUT2D eigenvalue weighted by atomic mass is 35.5. The first-order chi connectivity index (χ1) is 13.6. The van der Waals surface area contributed by atoms with Gasteiger partial charge in [-0.15, -0.1) is 0 Å². The van der Waals surface area contributed by atoms with Crippen molar-refractivity contribution in [2.45, 2.75) is 0 Å². The highest BCUT2D eigenvalue weighted by molar-refractivity contribution is 6.31. The van der Waals surface area contributed by atoms with Gasteiger partial charge >= 0.3 is 0 Å². The second-order valence-corrected chi connectivity index (χ2v) is 6.24. The maximum atomic E-state index is 12.5. The van der Waals surface area contributed by atoms with Gasteiger partial charge in [0.2, 0.25) is 5.91 Å². The molecule has 0 spiro atoms. The van der Waals surface area contributed by atoms with Crippen molar-refractivity contribution in [1.82, 2.24) is 4.90 Å². The summed E-state index contributed by atoms with van der Waals surface area (Å²) in [5, 5.41) is 24.8. The van der Waals surface area contributed by atoms with Gasteiger partial charge in [0.1, 0.15) is 5.75 Å². The Hall–Kier alpha value is -3.73. The summed E-state index contributed by atoms with van der Waals surface area (Å²) in [4.78, 5) is 46.0. The zero-order valence-electron chi connectivity index (χ0n) is 15.2. The molecule has 0 aliphatic rings. The van der Waals surface area contributed by atoms with Crippen molar-refractivity contribution in [2.24, 2.45) is 0 Å². The molecule has 11 nitrogen and oxygen atoms in total. The minimum Gasteiger partial charge on any atom is -0.495 e. The summed E-state index contributed by atoms with van der Waals surface area (Å²) in [6.45, 7) is -0.426. The number of hydrogen-bond acceptors (Lipinski definition) is 7. The molecule has 0 radical (unpaired) electrons. The molecule has 0 bridgehead atoms. The Morgan fingerprint density at radius 1 is 1.10 bits per heavy atom. The Kier molecular flexibility index (Phi) is 6.67. The summed E-state index contributed by atoms with van der Waals surface area (Å²) < 4.78 is 5.11. The topological polar surface area (TPSA) is 145 Å². The Morgan fingerprint density at radius 3 is 2.21 bits per heavy atom. The average molecular weight is 423 g/mol. The fourth-order valence-electron chi connectivity index (χ4n) is 2.40. The summed E-state index contributed by atoms with van der Waals surface area (Å²) in [5.41, 5.74) is -1.22. The number of nitrogens with one attached hydrogen (secondary N) is 1. The number of non-ortho nitro benzene ring substituents is 2. The molecule has 0 aliphatic heterocycles. The number of rotatable bonds is 7. The van der Waals surface area contributed by atoms with Gasteiger partial charge in [0.25, 0.3) is 17.3 Å². The molecule has 0 fully saturated rings. The number of benzene rings is 2. The number of hydrogen-bond donors (Lipinski definition) is 1. The number of nitrogens with zero attached hydrogens (tertiary/aromatic N) is 3. The van der Waals surface area contributed by atoms with Crippen LogP contribution in [0.2, 0.25) is 5.02 Å². The largest absolute Gasteiger partial charge is 0.495 e. The number of amides is 2. The minimum atomic E-state index is -0.845. The van der Waals surface area contributed by atoms with Crippen LogP contribution in [0, 0.1) is 20.2 Å². The van der Waals surface area contributed by atoms with Gasteiger partial charge in [0.15, 0.2) is 0 Å². The normalized spacial score (nSPS) is 10.2. The summed E-state index contributed by atoms with van der Waals surface area (Å²) in [7, 11) is 2.69. The van der Waals surface area contributed by atoms with E-state index in [1.54, 1.807) is 12.1 Å². The Morgan fingerprint density at radius 2 is 1.69 bits per heavy atom. The Bertz CT molecular complexity index is 963. The third-order valence-electron chi connectivity index (χ3n) is 3.73.